The first kappa shape index (κ1) is 7.43. The molecule has 0 amide bonds. The maximum atomic E-state index is 10.1. The van der Waals surface area contributed by atoms with Crippen molar-refractivity contribution in [2.45, 2.75) is 26.2 Å². The fourth-order valence-corrected chi connectivity index (χ4v) is 0.367. The second kappa shape index (κ2) is 4.59. The molecule has 0 rings (SSSR count). The van der Waals surface area contributed by atoms with Gasteiger partial charge in [0, 0.05) is 6.42 Å². The first-order chi connectivity index (χ1) is 3.81. The second-order valence-corrected chi connectivity index (χ2v) is 1.57. The van der Waals surface area contributed by atoms with E-state index in [2.05, 4.69) is 4.89 Å². The van der Waals surface area contributed by atoms with Gasteiger partial charge in [0.15, 0.2) is 0 Å². The van der Waals surface area contributed by atoms with E-state index in [-0.39, 0.29) is 0 Å². The molecule has 0 aliphatic heterocycles. The average Bonchev–Trinajstić information content (AvgIpc) is 1.83. The summed E-state index contributed by atoms with van der Waals surface area (Å²) in [7, 11) is 0. The van der Waals surface area contributed by atoms with Crippen molar-refractivity contribution < 1.29 is 14.9 Å². The van der Waals surface area contributed by atoms with E-state index in [1.54, 1.807) is 0 Å². The summed E-state index contributed by atoms with van der Waals surface area (Å²) in [5.41, 5.74) is 0. The van der Waals surface area contributed by atoms with Gasteiger partial charge in [0.25, 0.3) is 0 Å². The van der Waals surface area contributed by atoms with Crippen LogP contribution in [0.5, 0.6) is 0 Å². The van der Waals surface area contributed by atoms with Crippen molar-refractivity contribution in [3.8, 4) is 0 Å². The molecular weight excluding hydrogens is 108 g/mol. The molecule has 0 atom stereocenters. The number of carbonyl (C=O) groups is 1. The number of carbonyl (C=O) groups excluding carboxylic acids is 1. The standard InChI is InChI=1S/C5H10O3/c1-2-3-4-5(6)8-7/h7H,2-4H2,1H3. The molecule has 3 heteroatoms. The van der Waals surface area contributed by atoms with E-state index in [0.717, 1.165) is 12.8 Å². The first-order valence-corrected chi connectivity index (χ1v) is 2.65. The zero-order valence-corrected chi connectivity index (χ0v) is 4.89. The molecule has 0 spiro atoms. The lowest BCUT2D eigenvalue weighted by molar-refractivity contribution is -0.234. The van der Waals surface area contributed by atoms with Gasteiger partial charge in [-0.15, -0.1) is 0 Å². The van der Waals surface area contributed by atoms with Crippen molar-refractivity contribution in [3.05, 3.63) is 0 Å². The summed E-state index contributed by atoms with van der Waals surface area (Å²) in [5, 5.41) is 7.71. The van der Waals surface area contributed by atoms with Gasteiger partial charge in [-0.05, 0) is 6.42 Å². The zero-order valence-electron chi connectivity index (χ0n) is 4.89. The van der Waals surface area contributed by atoms with E-state index in [1.165, 1.54) is 0 Å². The second-order valence-electron chi connectivity index (χ2n) is 1.57. The highest BCUT2D eigenvalue weighted by atomic mass is 17.1. The van der Waals surface area contributed by atoms with Crippen molar-refractivity contribution in [2.75, 3.05) is 0 Å². The molecule has 0 saturated heterocycles. The van der Waals surface area contributed by atoms with Crippen molar-refractivity contribution >= 4 is 5.97 Å². The molecule has 0 aromatic rings. The normalized spacial score (nSPS) is 8.75. The Balaban J connectivity index is 2.99. The maximum absolute atomic E-state index is 10.1. The fraction of sp³-hybridized carbons (Fsp3) is 0.800. The van der Waals surface area contributed by atoms with Crippen molar-refractivity contribution in [1.82, 2.24) is 0 Å². The van der Waals surface area contributed by atoms with Gasteiger partial charge in [0.05, 0.1) is 0 Å². The van der Waals surface area contributed by atoms with Gasteiger partial charge in [-0.25, -0.2) is 4.79 Å². The largest absolute Gasteiger partial charge is 0.342 e. The molecule has 0 aliphatic rings. The van der Waals surface area contributed by atoms with Gasteiger partial charge >= 0.3 is 5.97 Å². The number of hydrogen-bond donors (Lipinski definition) is 1. The van der Waals surface area contributed by atoms with Crippen LogP contribution in [0, 0.1) is 0 Å². The summed E-state index contributed by atoms with van der Waals surface area (Å²) in [5.74, 6) is -0.549. The maximum Gasteiger partial charge on any atom is 0.342 e. The van der Waals surface area contributed by atoms with Crippen LogP contribution in [0.15, 0.2) is 0 Å². The Labute approximate surface area is 48.2 Å². The Hall–Kier alpha value is -0.570. The average molecular weight is 118 g/mol. The van der Waals surface area contributed by atoms with Crippen LogP contribution in [-0.4, -0.2) is 11.2 Å². The van der Waals surface area contributed by atoms with Gasteiger partial charge in [0.2, 0.25) is 0 Å². The third-order valence-corrected chi connectivity index (χ3v) is 0.836. The predicted molar refractivity (Wildman–Crippen MR) is 28.2 cm³/mol. The molecule has 0 saturated carbocycles. The van der Waals surface area contributed by atoms with Crippen LogP contribution in [0.2, 0.25) is 0 Å². The van der Waals surface area contributed by atoms with E-state index in [1.807, 2.05) is 6.92 Å². The van der Waals surface area contributed by atoms with Crippen LogP contribution in [0.1, 0.15) is 26.2 Å². The Kier molecular flexibility index (Phi) is 4.26. The molecule has 0 aromatic heterocycles. The van der Waals surface area contributed by atoms with Gasteiger partial charge in [-0.1, -0.05) is 13.3 Å². The summed E-state index contributed by atoms with van der Waals surface area (Å²) in [6.45, 7) is 1.96. The number of unbranched alkanes of at least 4 members (excludes halogenated alkanes) is 1. The topological polar surface area (TPSA) is 46.5 Å². The third-order valence-electron chi connectivity index (χ3n) is 0.836. The molecule has 1 N–H and O–H groups in total. The molecule has 0 aromatic carbocycles. The Morgan fingerprint density at radius 2 is 2.38 bits per heavy atom. The van der Waals surface area contributed by atoms with Crippen LogP contribution >= 0.6 is 0 Å². The van der Waals surface area contributed by atoms with Gasteiger partial charge in [0.1, 0.15) is 0 Å². The molecule has 3 nitrogen and oxygen atoms in total. The molecule has 0 bridgehead atoms. The predicted octanol–water partition coefficient (Wildman–Crippen LogP) is 1.19. The van der Waals surface area contributed by atoms with Crippen LogP contribution in [0.4, 0.5) is 0 Å². The van der Waals surface area contributed by atoms with Crippen molar-refractivity contribution in [3.63, 3.8) is 0 Å². The molecule has 0 unspecified atom stereocenters. The van der Waals surface area contributed by atoms with Crippen LogP contribution in [0.25, 0.3) is 0 Å². The molecule has 48 valence electrons. The molecular formula is C5H10O3. The van der Waals surface area contributed by atoms with E-state index in [4.69, 9.17) is 5.26 Å². The lowest BCUT2D eigenvalue weighted by Crippen LogP contribution is -1.98. The highest BCUT2D eigenvalue weighted by Crippen LogP contribution is 1.93. The lowest BCUT2D eigenvalue weighted by Gasteiger charge is -1.90. The lowest BCUT2D eigenvalue weighted by atomic mass is 10.3. The van der Waals surface area contributed by atoms with E-state index in [9.17, 15) is 4.79 Å². The van der Waals surface area contributed by atoms with Crippen molar-refractivity contribution in [1.29, 1.82) is 0 Å². The minimum absolute atomic E-state index is 0.312. The smallest absolute Gasteiger partial charge is 0.301 e. The molecule has 0 fully saturated rings. The quantitative estimate of drug-likeness (QED) is 0.447. The summed E-state index contributed by atoms with van der Waals surface area (Å²) >= 11 is 0. The Morgan fingerprint density at radius 3 is 2.75 bits per heavy atom. The van der Waals surface area contributed by atoms with Crippen LogP contribution in [-0.2, 0) is 9.68 Å². The third kappa shape index (κ3) is 3.61. The highest BCUT2D eigenvalue weighted by molar-refractivity contribution is 5.68. The molecule has 0 radical (unpaired) electrons. The van der Waals surface area contributed by atoms with E-state index < -0.39 is 5.97 Å². The zero-order chi connectivity index (χ0) is 6.41. The molecule has 8 heavy (non-hydrogen) atoms. The van der Waals surface area contributed by atoms with Crippen molar-refractivity contribution in [2.24, 2.45) is 0 Å². The minimum Gasteiger partial charge on any atom is -0.301 e. The summed E-state index contributed by atoms with van der Waals surface area (Å²) < 4.78 is 0. The van der Waals surface area contributed by atoms with Gasteiger partial charge in [-0.3, -0.25) is 0 Å². The van der Waals surface area contributed by atoms with E-state index >= 15 is 0 Å². The van der Waals surface area contributed by atoms with Crippen LogP contribution < -0.4 is 0 Å². The molecule has 0 heterocycles. The monoisotopic (exact) mass is 118 g/mol. The Morgan fingerprint density at radius 1 is 1.75 bits per heavy atom. The Bertz CT molecular complexity index is 70.1. The summed E-state index contributed by atoms with van der Waals surface area (Å²) in [6, 6.07) is 0. The van der Waals surface area contributed by atoms with Gasteiger partial charge < -0.3 is 4.89 Å². The van der Waals surface area contributed by atoms with Crippen LogP contribution in [0.3, 0.4) is 0 Å². The minimum atomic E-state index is -0.549. The number of rotatable bonds is 3. The van der Waals surface area contributed by atoms with Gasteiger partial charge in [-0.2, -0.15) is 5.26 Å². The fourth-order valence-electron chi connectivity index (χ4n) is 0.367. The molecule has 0 aliphatic carbocycles. The summed E-state index contributed by atoms with van der Waals surface area (Å²) in [6.07, 6.45) is 2.03. The van der Waals surface area contributed by atoms with E-state index in [0.29, 0.717) is 6.42 Å². The number of hydrogen-bond acceptors (Lipinski definition) is 3. The highest BCUT2D eigenvalue weighted by Gasteiger charge is 1.97. The summed E-state index contributed by atoms with van der Waals surface area (Å²) in [4.78, 5) is 13.5. The first-order valence-electron chi connectivity index (χ1n) is 2.65. The SMILES string of the molecule is CCCCC(=O)OO.